The molecule has 0 saturated heterocycles. The molecule has 0 aliphatic carbocycles. The van der Waals surface area contributed by atoms with Crippen LogP contribution in [0.4, 0.5) is 0 Å². The second kappa shape index (κ2) is 11.7. The zero-order valence-electron chi connectivity index (χ0n) is 21.4. The normalized spacial score (nSPS) is 12.4. The van der Waals surface area contributed by atoms with Crippen molar-refractivity contribution in [2.24, 2.45) is 0 Å². The predicted octanol–water partition coefficient (Wildman–Crippen LogP) is 7.02. The van der Waals surface area contributed by atoms with E-state index in [4.69, 9.17) is 44.5 Å². The van der Waals surface area contributed by atoms with Crippen molar-refractivity contribution in [1.82, 2.24) is 15.1 Å². The van der Waals surface area contributed by atoms with Crippen molar-refractivity contribution in [3.63, 3.8) is 0 Å². The fraction of sp³-hybridized carbons (Fsp3) is 0.214. The molecule has 204 valence electrons. The number of hydrogen-bond acceptors (Lipinski definition) is 4. The standard InChI is InChI=1S/C28H26Cl3N3O4S/c1-16-12-21(8-9-25(16)31)27-17(2)26(22-13-23(29)15-24(30)14-22)33-34(27)18(3)19-4-6-20(7-5-19)28(35)32-10-11-39(36,37)38/h4-9,12-15,18H,10-11H2,1-3H3,(H,32,35)(H,36,37,38). The molecular weight excluding hydrogens is 581 g/mol. The summed E-state index contributed by atoms with van der Waals surface area (Å²) in [4.78, 5) is 12.4. The summed E-state index contributed by atoms with van der Waals surface area (Å²) in [5, 5.41) is 9.17. The van der Waals surface area contributed by atoms with Gasteiger partial charge in [-0.1, -0.05) is 53.0 Å². The monoisotopic (exact) mass is 605 g/mol. The molecule has 0 bridgehead atoms. The van der Waals surface area contributed by atoms with E-state index in [2.05, 4.69) is 5.32 Å². The van der Waals surface area contributed by atoms with E-state index in [9.17, 15) is 13.2 Å². The van der Waals surface area contributed by atoms with Crippen molar-refractivity contribution in [2.75, 3.05) is 12.3 Å². The topological polar surface area (TPSA) is 101 Å². The van der Waals surface area contributed by atoms with Crippen molar-refractivity contribution in [2.45, 2.75) is 26.8 Å². The minimum absolute atomic E-state index is 0.192. The maximum atomic E-state index is 12.4. The first-order valence-electron chi connectivity index (χ1n) is 12.0. The van der Waals surface area contributed by atoms with Gasteiger partial charge in [0.15, 0.2) is 0 Å². The Morgan fingerprint density at radius 2 is 1.62 bits per heavy atom. The quantitative estimate of drug-likeness (QED) is 0.210. The predicted molar refractivity (Wildman–Crippen MR) is 157 cm³/mol. The van der Waals surface area contributed by atoms with Crippen molar-refractivity contribution in [1.29, 1.82) is 0 Å². The number of carbonyl (C=O) groups is 1. The summed E-state index contributed by atoms with van der Waals surface area (Å²) in [5.74, 6) is -0.996. The van der Waals surface area contributed by atoms with Crippen LogP contribution in [0.3, 0.4) is 0 Å². The number of benzene rings is 3. The molecule has 39 heavy (non-hydrogen) atoms. The molecule has 7 nitrogen and oxygen atoms in total. The molecule has 11 heteroatoms. The number of rotatable bonds is 8. The second-order valence-electron chi connectivity index (χ2n) is 9.23. The van der Waals surface area contributed by atoms with E-state index in [1.807, 2.05) is 67.9 Å². The van der Waals surface area contributed by atoms with Gasteiger partial charge in [-0.2, -0.15) is 13.5 Å². The molecule has 0 radical (unpaired) electrons. The first kappa shape index (κ1) is 29.1. The van der Waals surface area contributed by atoms with Crippen LogP contribution >= 0.6 is 34.8 Å². The zero-order valence-corrected chi connectivity index (χ0v) is 24.5. The summed E-state index contributed by atoms with van der Waals surface area (Å²) in [6.45, 7) is 5.76. The molecule has 1 atom stereocenters. The van der Waals surface area contributed by atoms with Crippen molar-refractivity contribution in [3.05, 3.63) is 98.0 Å². The van der Waals surface area contributed by atoms with Crippen LogP contribution in [0.15, 0.2) is 60.7 Å². The molecule has 1 aromatic heterocycles. The fourth-order valence-electron chi connectivity index (χ4n) is 4.35. The third-order valence-corrected chi connectivity index (χ3v) is 7.96. The Morgan fingerprint density at radius 1 is 0.974 bits per heavy atom. The summed E-state index contributed by atoms with van der Waals surface area (Å²) in [5.41, 5.74) is 6.52. The van der Waals surface area contributed by atoms with Gasteiger partial charge in [-0.05, 0) is 74.4 Å². The van der Waals surface area contributed by atoms with Crippen LogP contribution in [-0.2, 0) is 10.1 Å². The number of halogens is 3. The van der Waals surface area contributed by atoms with Gasteiger partial charge in [-0.3, -0.25) is 14.0 Å². The SMILES string of the molecule is Cc1cc(-c2c(C)c(-c3cc(Cl)cc(Cl)c3)nn2C(C)c2ccc(C(=O)NCCS(=O)(=O)O)cc2)ccc1Cl. The molecule has 2 N–H and O–H groups in total. The number of nitrogens with zero attached hydrogens (tertiary/aromatic N) is 2. The highest BCUT2D eigenvalue weighted by Gasteiger charge is 2.23. The largest absolute Gasteiger partial charge is 0.351 e. The minimum Gasteiger partial charge on any atom is -0.351 e. The van der Waals surface area contributed by atoms with Crippen LogP contribution in [0, 0.1) is 13.8 Å². The Morgan fingerprint density at radius 3 is 2.21 bits per heavy atom. The van der Waals surface area contributed by atoms with E-state index < -0.39 is 21.8 Å². The summed E-state index contributed by atoms with van der Waals surface area (Å²) in [6, 6.07) is 17.9. The van der Waals surface area contributed by atoms with Gasteiger partial charge in [0, 0.05) is 43.9 Å². The smallest absolute Gasteiger partial charge is 0.266 e. The van der Waals surface area contributed by atoms with Gasteiger partial charge in [0.2, 0.25) is 0 Å². The first-order valence-corrected chi connectivity index (χ1v) is 14.7. The molecular formula is C28H26Cl3N3O4S. The Bertz CT molecular complexity index is 1630. The van der Waals surface area contributed by atoms with Crippen LogP contribution in [0.5, 0.6) is 0 Å². The molecule has 4 rings (SSSR count). The van der Waals surface area contributed by atoms with Crippen molar-refractivity contribution >= 4 is 50.8 Å². The van der Waals surface area contributed by atoms with E-state index in [1.54, 1.807) is 18.2 Å². The molecule has 0 fully saturated rings. The lowest BCUT2D eigenvalue weighted by Gasteiger charge is -2.18. The highest BCUT2D eigenvalue weighted by atomic mass is 35.5. The Balaban J connectivity index is 1.73. The lowest BCUT2D eigenvalue weighted by Crippen LogP contribution is -2.28. The van der Waals surface area contributed by atoms with Crippen LogP contribution < -0.4 is 5.32 Å². The van der Waals surface area contributed by atoms with Gasteiger partial charge in [0.05, 0.1) is 23.2 Å². The molecule has 1 amide bonds. The Labute approximate surface area is 242 Å². The van der Waals surface area contributed by atoms with Crippen LogP contribution in [-0.4, -0.2) is 41.0 Å². The third-order valence-electron chi connectivity index (χ3n) is 6.38. The fourth-order valence-corrected chi connectivity index (χ4v) is 5.36. The highest BCUT2D eigenvalue weighted by molar-refractivity contribution is 7.85. The van der Waals surface area contributed by atoms with Crippen LogP contribution in [0.1, 0.15) is 40.0 Å². The Hall–Kier alpha value is -2.88. The number of nitrogens with one attached hydrogen (secondary N) is 1. The van der Waals surface area contributed by atoms with Gasteiger partial charge >= 0.3 is 0 Å². The molecule has 3 aromatic carbocycles. The summed E-state index contributed by atoms with van der Waals surface area (Å²) in [7, 11) is -4.16. The zero-order chi connectivity index (χ0) is 28.5. The van der Waals surface area contributed by atoms with Gasteiger partial charge < -0.3 is 5.32 Å². The molecule has 1 unspecified atom stereocenters. The first-order chi connectivity index (χ1) is 18.3. The maximum absolute atomic E-state index is 12.4. The number of carbonyl (C=O) groups excluding carboxylic acids is 1. The minimum atomic E-state index is -4.16. The van der Waals surface area contributed by atoms with Gasteiger partial charge in [0.1, 0.15) is 0 Å². The van der Waals surface area contributed by atoms with Gasteiger partial charge in [-0.25, -0.2) is 0 Å². The molecule has 0 aliphatic heterocycles. The molecule has 0 aliphatic rings. The van der Waals surface area contributed by atoms with E-state index >= 15 is 0 Å². The van der Waals surface area contributed by atoms with E-state index in [-0.39, 0.29) is 12.6 Å². The van der Waals surface area contributed by atoms with E-state index in [1.165, 1.54) is 0 Å². The Kier molecular flexibility index (Phi) is 8.73. The van der Waals surface area contributed by atoms with Gasteiger partial charge in [0.25, 0.3) is 16.0 Å². The number of hydrogen-bond donors (Lipinski definition) is 2. The summed E-state index contributed by atoms with van der Waals surface area (Å²) < 4.78 is 32.6. The molecule has 4 aromatic rings. The molecule has 1 heterocycles. The number of amides is 1. The summed E-state index contributed by atoms with van der Waals surface area (Å²) in [6.07, 6.45) is 0. The molecule has 0 spiro atoms. The second-order valence-corrected chi connectivity index (χ2v) is 12.1. The number of aromatic nitrogens is 2. The average Bonchev–Trinajstić information content (AvgIpc) is 3.21. The average molecular weight is 607 g/mol. The van der Waals surface area contributed by atoms with E-state index in [0.29, 0.717) is 20.6 Å². The third kappa shape index (κ3) is 6.83. The summed E-state index contributed by atoms with van der Waals surface area (Å²) >= 11 is 18.9. The van der Waals surface area contributed by atoms with Gasteiger partial charge in [-0.15, -0.1) is 0 Å². The lowest BCUT2D eigenvalue weighted by atomic mass is 10.0. The van der Waals surface area contributed by atoms with Crippen LogP contribution in [0.2, 0.25) is 15.1 Å². The van der Waals surface area contributed by atoms with Crippen LogP contribution in [0.25, 0.3) is 22.5 Å². The number of aryl methyl sites for hydroxylation is 1. The highest BCUT2D eigenvalue weighted by Crippen LogP contribution is 2.37. The molecule has 0 saturated carbocycles. The van der Waals surface area contributed by atoms with Crippen molar-refractivity contribution < 1.29 is 17.8 Å². The lowest BCUT2D eigenvalue weighted by molar-refractivity contribution is 0.0956. The van der Waals surface area contributed by atoms with Crippen molar-refractivity contribution in [3.8, 4) is 22.5 Å². The maximum Gasteiger partial charge on any atom is 0.266 e. The van der Waals surface area contributed by atoms with E-state index in [0.717, 1.165) is 39.2 Å².